The molecule has 2 aromatic carbocycles. The average molecular weight is 367 g/mol. The summed E-state index contributed by atoms with van der Waals surface area (Å²) in [5.41, 5.74) is 3.06. The van der Waals surface area contributed by atoms with Gasteiger partial charge >= 0.3 is 5.97 Å². The summed E-state index contributed by atoms with van der Waals surface area (Å²) in [6, 6.07) is 12.9. The lowest BCUT2D eigenvalue weighted by Gasteiger charge is -2.18. The summed E-state index contributed by atoms with van der Waals surface area (Å²) in [4.78, 5) is 17.4. The molecule has 0 radical (unpaired) electrons. The molecule has 0 spiro atoms. The van der Waals surface area contributed by atoms with Crippen LogP contribution in [0.4, 0.5) is 0 Å². The Morgan fingerprint density at radius 3 is 2.74 bits per heavy atom. The number of esters is 1. The number of aliphatic imine (C=N–C) groups is 1. The van der Waals surface area contributed by atoms with E-state index in [4.69, 9.17) is 14.2 Å². The molecule has 3 rings (SSSR count). The van der Waals surface area contributed by atoms with Crippen LogP contribution in [0.2, 0.25) is 0 Å². The first-order chi connectivity index (χ1) is 13.2. The Balaban J connectivity index is 1.92. The van der Waals surface area contributed by atoms with Gasteiger partial charge in [0.25, 0.3) is 0 Å². The van der Waals surface area contributed by atoms with Crippen molar-refractivity contribution in [3.8, 4) is 11.5 Å². The van der Waals surface area contributed by atoms with E-state index in [1.54, 1.807) is 12.1 Å². The fraction of sp³-hybridized carbons (Fsp3) is 0.364. The van der Waals surface area contributed by atoms with E-state index in [-0.39, 0.29) is 0 Å². The highest BCUT2D eigenvalue weighted by atomic mass is 16.5. The van der Waals surface area contributed by atoms with Gasteiger partial charge in [-0.05, 0) is 43.2 Å². The first kappa shape index (κ1) is 19.1. The molecule has 142 valence electrons. The monoisotopic (exact) mass is 367 g/mol. The first-order valence-electron chi connectivity index (χ1n) is 9.35. The maximum absolute atomic E-state index is 12.8. The second kappa shape index (κ2) is 9.33. The number of rotatable bonds is 7. The third-order valence-corrected chi connectivity index (χ3v) is 4.32. The van der Waals surface area contributed by atoms with Gasteiger partial charge in [-0.1, -0.05) is 31.5 Å². The van der Waals surface area contributed by atoms with E-state index in [0.717, 1.165) is 29.7 Å². The topological polar surface area (TPSA) is 57.1 Å². The van der Waals surface area contributed by atoms with Gasteiger partial charge in [0.05, 0.1) is 32.1 Å². The summed E-state index contributed by atoms with van der Waals surface area (Å²) in [5.74, 6) is 0.627. The molecule has 0 aromatic heterocycles. The van der Waals surface area contributed by atoms with Crippen molar-refractivity contribution < 1.29 is 19.0 Å². The molecule has 0 saturated carbocycles. The van der Waals surface area contributed by atoms with Crippen LogP contribution in [0.15, 0.2) is 47.5 Å². The van der Waals surface area contributed by atoms with Crippen molar-refractivity contribution in [3.63, 3.8) is 0 Å². The van der Waals surface area contributed by atoms with Crippen LogP contribution in [0.5, 0.6) is 11.5 Å². The fourth-order valence-corrected chi connectivity index (χ4v) is 2.90. The van der Waals surface area contributed by atoms with Gasteiger partial charge in [-0.25, -0.2) is 4.79 Å². The van der Waals surface area contributed by atoms with E-state index in [9.17, 15) is 4.79 Å². The van der Waals surface area contributed by atoms with E-state index >= 15 is 0 Å². The minimum absolute atomic E-state index is 0.418. The summed E-state index contributed by atoms with van der Waals surface area (Å²) in [7, 11) is 0. The van der Waals surface area contributed by atoms with Crippen LogP contribution in [-0.2, 0) is 4.74 Å². The van der Waals surface area contributed by atoms with Crippen molar-refractivity contribution in [2.75, 3.05) is 26.4 Å². The molecule has 0 unspecified atom stereocenters. The quantitative estimate of drug-likeness (QED) is 0.418. The molecule has 0 bridgehead atoms. The molecular weight excluding hydrogens is 342 g/mol. The molecule has 5 nitrogen and oxygen atoms in total. The number of nitrogens with zero attached hydrogens (tertiary/aromatic N) is 1. The normalized spacial score (nSPS) is 13.8. The van der Waals surface area contributed by atoms with Crippen LogP contribution >= 0.6 is 0 Å². The van der Waals surface area contributed by atoms with Gasteiger partial charge in [0.2, 0.25) is 0 Å². The standard InChI is InChI=1S/C22H25NO4/c1-3-4-11-26-20-14-17(19-15-25-12-10-23-19)13-16(2)21(20)22(24)27-18-8-6-5-7-9-18/h5-9,13-14H,3-4,10-12,15H2,1-2H3. The van der Waals surface area contributed by atoms with Gasteiger partial charge in [-0.2, -0.15) is 0 Å². The largest absolute Gasteiger partial charge is 0.493 e. The summed E-state index contributed by atoms with van der Waals surface area (Å²) in [6.45, 7) is 6.31. The lowest BCUT2D eigenvalue weighted by molar-refractivity contribution is 0.0729. The zero-order valence-electron chi connectivity index (χ0n) is 15.9. The number of unbranched alkanes of at least 4 members (excludes halogenated alkanes) is 1. The zero-order chi connectivity index (χ0) is 19.1. The number of carbonyl (C=O) groups is 1. The van der Waals surface area contributed by atoms with Crippen molar-refractivity contribution in [1.82, 2.24) is 0 Å². The van der Waals surface area contributed by atoms with Crippen LogP contribution in [0.1, 0.15) is 41.3 Å². The molecule has 5 heteroatoms. The number of carbonyl (C=O) groups excluding carboxylic acids is 1. The Bertz CT molecular complexity index is 815. The van der Waals surface area contributed by atoms with Crippen LogP contribution < -0.4 is 9.47 Å². The smallest absolute Gasteiger partial charge is 0.347 e. The molecule has 1 heterocycles. The van der Waals surface area contributed by atoms with Gasteiger partial charge in [0.1, 0.15) is 17.1 Å². The second-order valence-electron chi connectivity index (χ2n) is 6.45. The molecule has 0 amide bonds. The van der Waals surface area contributed by atoms with Crippen LogP contribution in [0, 0.1) is 6.92 Å². The SMILES string of the molecule is CCCCOc1cc(C2=NCCOC2)cc(C)c1C(=O)Oc1ccccc1. The molecule has 27 heavy (non-hydrogen) atoms. The van der Waals surface area contributed by atoms with E-state index in [1.165, 1.54) is 0 Å². The van der Waals surface area contributed by atoms with Crippen molar-refractivity contribution in [2.45, 2.75) is 26.7 Å². The van der Waals surface area contributed by atoms with Crippen molar-refractivity contribution in [1.29, 1.82) is 0 Å². The molecule has 1 aliphatic rings. The van der Waals surface area contributed by atoms with Crippen molar-refractivity contribution in [3.05, 3.63) is 59.2 Å². The van der Waals surface area contributed by atoms with Gasteiger partial charge in [-0.3, -0.25) is 4.99 Å². The predicted octanol–water partition coefficient (Wildman–Crippen LogP) is 4.21. The summed E-state index contributed by atoms with van der Waals surface area (Å²) >= 11 is 0. The number of para-hydroxylation sites is 1. The summed E-state index contributed by atoms with van der Waals surface area (Å²) < 4.78 is 17.0. The summed E-state index contributed by atoms with van der Waals surface area (Å²) in [5, 5.41) is 0. The van der Waals surface area contributed by atoms with Gasteiger partial charge in [0.15, 0.2) is 0 Å². The summed E-state index contributed by atoms with van der Waals surface area (Å²) in [6.07, 6.45) is 1.93. The second-order valence-corrected chi connectivity index (χ2v) is 6.45. The Kier molecular flexibility index (Phi) is 6.60. The maximum Gasteiger partial charge on any atom is 0.347 e. The predicted molar refractivity (Wildman–Crippen MR) is 105 cm³/mol. The molecule has 1 aliphatic heterocycles. The lowest BCUT2D eigenvalue weighted by Crippen LogP contribution is -2.20. The molecule has 0 atom stereocenters. The van der Waals surface area contributed by atoms with Crippen molar-refractivity contribution >= 4 is 11.7 Å². The number of aryl methyl sites for hydroxylation is 1. The molecular formula is C22H25NO4. The molecule has 0 saturated heterocycles. The van der Waals surface area contributed by atoms with Crippen LogP contribution in [0.25, 0.3) is 0 Å². The molecule has 0 aliphatic carbocycles. The highest BCUT2D eigenvalue weighted by Gasteiger charge is 2.21. The highest BCUT2D eigenvalue weighted by Crippen LogP contribution is 2.27. The van der Waals surface area contributed by atoms with E-state index < -0.39 is 5.97 Å². The van der Waals surface area contributed by atoms with Gasteiger partial charge in [0, 0.05) is 5.56 Å². The van der Waals surface area contributed by atoms with Crippen molar-refractivity contribution in [2.24, 2.45) is 4.99 Å². The van der Waals surface area contributed by atoms with Crippen LogP contribution in [-0.4, -0.2) is 38.0 Å². The number of hydrogen-bond acceptors (Lipinski definition) is 5. The average Bonchev–Trinajstić information content (AvgIpc) is 2.69. The third kappa shape index (κ3) is 4.95. The molecule has 0 fully saturated rings. The number of benzene rings is 2. The fourth-order valence-electron chi connectivity index (χ4n) is 2.90. The number of ether oxygens (including phenoxy) is 3. The van der Waals surface area contributed by atoms with Crippen LogP contribution in [0.3, 0.4) is 0 Å². The van der Waals surface area contributed by atoms with E-state index in [2.05, 4.69) is 11.9 Å². The van der Waals surface area contributed by atoms with E-state index in [0.29, 0.717) is 43.4 Å². The minimum Gasteiger partial charge on any atom is -0.493 e. The molecule has 2 aromatic rings. The minimum atomic E-state index is -0.418. The van der Waals surface area contributed by atoms with E-state index in [1.807, 2.05) is 37.3 Å². The lowest BCUT2D eigenvalue weighted by atomic mass is 10.0. The Hall–Kier alpha value is -2.66. The highest BCUT2D eigenvalue weighted by molar-refractivity contribution is 6.04. The number of hydrogen-bond donors (Lipinski definition) is 0. The Morgan fingerprint density at radius 1 is 1.22 bits per heavy atom. The Labute approximate surface area is 160 Å². The molecule has 0 N–H and O–H groups in total. The van der Waals surface area contributed by atoms with Gasteiger partial charge < -0.3 is 14.2 Å². The Morgan fingerprint density at radius 2 is 2.04 bits per heavy atom. The third-order valence-electron chi connectivity index (χ3n) is 4.32. The first-order valence-corrected chi connectivity index (χ1v) is 9.35. The van der Waals surface area contributed by atoms with Gasteiger partial charge in [-0.15, -0.1) is 0 Å². The maximum atomic E-state index is 12.8. The zero-order valence-corrected chi connectivity index (χ0v) is 15.9.